The molecule has 19 heavy (non-hydrogen) atoms. The Labute approximate surface area is 114 Å². The van der Waals surface area contributed by atoms with Crippen LogP contribution in [-0.4, -0.2) is 4.57 Å². The number of aryl methyl sites for hydroxylation is 1. The van der Waals surface area contributed by atoms with Crippen molar-refractivity contribution in [3.8, 4) is 0 Å². The Hall–Kier alpha value is -1.76. The molecule has 2 aliphatic rings. The van der Waals surface area contributed by atoms with Crippen molar-refractivity contribution in [3.63, 3.8) is 0 Å². The lowest BCUT2D eigenvalue weighted by molar-refractivity contribution is 0.566. The Balaban J connectivity index is 1.98. The SMILES string of the molecule is C1=CCC(n2c3c(c4ccccc42)CCCC3)C=C1. The molecule has 1 heterocycles. The molecule has 0 radical (unpaired) electrons. The molecule has 0 amide bonds. The van der Waals surface area contributed by atoms with Crippen molar-refractivity contribution >= 4 is 10.9 Å². The van der Waals surface area contributed by atoms with E-state index < -0.39 is 0 Å². The Kier molecular flexibility index (Phi) is 2.58. The van der Waals surface area contributed by atoms with Gasteiger partial charge in [0.2, 0.25) is 0 Å². The summed E-state index contributed by atoms with van der Waals surface area (Å²) < 4.78 is 2.60. The second-order valence-electron chi connectivity index (χ2n) is 5.64. The zero-order chi connectivity index (χ0) is 12.7. The molecule has 0 fully saturated rings. The van der Waals surface area contributed by atoms with Gasteiger partial charge in [-0.2, -0.15) is 0 Å². The van der Waals surface area contributed by atoms with Gasteiger partial charge in [-0.05, 0) is 43.7 Å². The van der Waals surface area contributed by atoms with Crippen molar-refractivity contribution in [2.45, 2.75) is 38.1 Å². The summed E-state index contributed by atoms with van der Waals surface area (Å²) in [5, 5.41) is 1.49. The van der Waals surface area contributed by atoms with Gasteiger partial charge in [0.15, 0.2) is 0 Å². The van der Waals surface area contributed by atoms with Crippen molar-refractivity contribution in [1.82, 2.24) is 4.57 Å². The van der Waals surface area contributed by atoms with Gasteiger partial charge >= 0.3 is 0 Å². The van der Waals surface area contributed by atoms with Gasteiger partial charge < -0.3 is 4.57 Å². The van der Waals surface area contributed by atoms with Crippen LogP contribution in [0.3, 0.4) is 0 Å². The summed E-state index contributed by atoms with van der Waals surface area (Å²) in [5.41, 5.74) is 4.64. The number of hydrogen-bond donors (Lipinski definition) is 0. The van der Waals surface area contributed by atoms with Crippen molar-refractivity contribution in [2.24, 2.45) is 0 Å². The van der Waals surface area contributed by atoms with Crippen LogP contribution in [-0.2, 0) is 12.8 Å². The average Bonchev–Trinajstić information content (AvgIpc) is 2.83. The first kappa shape index (κ1) is 11.1. The molecule has 1 nitrogen and oxygen atoms in total. The van der Waals surface area contributed by atoms with Gasteiger partial charge in [-0.15, -0.1) is 0 Å². The summed E-state index contributed by atoms with van der Waals surface area (Å²) >= 11 is 0. The molecule has 1 aromatic heterocycles. The Morgan fingerprint density at radius 2 is 1.89 bits per heavy atom. The highest BCUT2D eigenvalue weighted by Crippen LogP contribution is 2.36. The van der Waals surface area contributed by atoms with Gasteiger partial charge in [-0.25, -0.2) is 0 Å². The highest BCUT2D eigenvalue weighted by Gasteiger charge is 2.22. The van der Waals surface area contributed by atoms with E-state index in [9.17, 15) is 0 Å². The largest absolute Gasteiger partial charge is 0.337 e. The maximum Gasteiger partial charge on any atom is 0.0557 e. The van der Waals surface area contributed by atoms with E-state index in [2.05, 4.69) is 53.1 Å². The lowest BCUT2D eigenvalue weighted by Crippen LogP contribution is -2.13. The number of hydrogen-bond acceptors (Lipinski definition) is 0. The normalized spacial score (nSPS) is 21.8. The fourth-order valence-electron chi connectivity index (χ4n) is 3.67. The van der Waals surface area contributed by atoms with Gasteiger partial charge in [-0.1, -0.05) is 42.5 Å². The first-order valence-electron chi connectivity index (χ1n) is 7.39. The quantitative estimate of drug-likeness (QED) is 0.697. The molecule has 0 saturated heterocycles. The minimum atomic E-state index is 0.511. The molecular formula is C18H19N. The number of para-hydroxylation sites is 1. The zero-order valence-electron chi connectivity index (χ0n) is 11.2. The summed E-state index contributed by atoms with van der Waals surface area (Å²) in [6, 6.07) is 9.46. The van der Waals surface area contributed by atoms with E-state index in [1.54, 1.807) is 11.3 Å². The van der Waals surface area contributed by atoms with Crippen LogP contribution in [0.25, 0.3) is 10.9 Å². The Morgan fingerprint density at radius 3 is 2.79 bits per heavy atom. The van der Waals surface area contributed by atoms with E-state index in [1.807, 2.05) is 0 Å². The second-order valence-corrected chi connectivity index (χ2v) is 5.64. The highest BCUT2D eigenvalue weighted by molar-refractivity contribution is 5.86. The third-order valence-corrected chi connectivity index (χ3v) is 4.51. The van der Waals surface area contributed by atoms with Crippen LogP contribution in [0.15, 0.2) is 48.6 Å². The van der Waals surface area contributed by atoms with Gasteiger partial charge in [0.05, 0.1) is 6.04 Å². The number of nitrogens with zero attached hydrogens (tertiary/aromatic N) is 1. The van der Waals surface area contributed by atoms with Crippen molar-refractivity contribution in [1.29, 1.82) is 0 Å². The van der Waals surface area contributed by atoms with E-state index in [0.717, 1.165) is 6.42 Å². The van der Waals surface area contributed by atoms with Crippen LogP contribution in [0.4, 0.5) is 0 Å². The van der Waals surface area contributed by atoms with Crippen LogP contribution in [0, 0.1) is 0 Å². The highest BCUT2D eigenvalue weighted by atomic mass is 15.0. The standard InChI is InChI=1S/C18H19N/c1-2-8-14(9-3-1)19-17-12-6-4-10-15(17)16-11-5-7-13-18(16)19/h1-4,6,8,10,12,14H,5,7,9,11,13H2. The molecule has 0 bridgehead atoms. The monoisotopic (exact) mass is 249 g/mol. The minimum Gasteiger partial charge on any atom is -0.337 e. The predicted molar refractivity (Wildman–Crippen MR) is 80.5 cm³/mol. The molecule has 1 unspecified atom stereocenters. The molecule has 1 aromatic carbocycles. The lowest BCUT2D eigenvalue weighted by Gasteiger charge is -2.22. The van der Waals surface area contributed by atoms with Crippen molar-refractivity contribution in [2.75, 3.05) is 0 Å². The molecule has 4 rings (SSSR count). The van der Waals surface area contributed by atoms with E-state index in [0.29, 0.717) is 6.04 Å². The third kappa shape index (κ3) is 1.68. The summed E-state index contributed by atoms with van der Waals surface area (Å²) in [6.07, 6.45) is 15.3. The molecule has 2 aliphatic carbocycles. The van der Waals surface area contributed by atoms with Crippen LogP contribution in [0.1, 0.15) is 36.6 Å². The number of aromatic nitrogens is 1. The van der Waals surface area contributed by atoms with E-state index >= 15 is 0 Å². The second kappa shape index (κ2) is 4.41. The summed E-state index contributed by atoms with van der Waals surface area (Å²) in [5.74, 6) is 0. The molecule has 0 aliphatic heterocycles. The van der Waals surface area contributed by atoms with Crippen LogP contribution in [0.2, 0.25) is 0 Å². The first-order valence-corrected chi connectivity index (χ1v) is 7.39. The number of allylic oxidation sites excluding steroid dienone is 4. The zero-order valence-corrected chi connectivity index (χ0v) is 11.2. The molecule has 1 heteroatoms. The Bertz CT molecular complexity index is 672. The minimum absolute atomic E-state index is 0.511. The Morgan fingerprint density at radius 1 is 1.00 bits per heavy atom. The topological polar surface area (TPSA) is 4.93 Å². The predicted octanol–water partition coefficient (Wildman–Crippen LogP) is 4.58. The van der Waals surface area contributed by atoms with Crippen LogP contribution >= 0.6 is 0 Å². The smallest absolute Gasteiger partial charge is 0.0557 e. The molecular weight excluding hydrogens is 230 g/mol. The fraction of sp³-hybridized carbons (Fsp3) is 0.333. The summed E-state index contributed by atoms with van der Waals surface area (Å²) in [7, 11) is 0. The molecule has 96 valence electrons. The summed E-state index contributed by atoms with van der Waals surface area (Å²) in [4.78, 5) is 0. The van der Waals surface area contributed by atoms with E-state index in [4.69, 9.17) is 0 Å². The van der Waals surface area contributed by atoms with E-state index in [1.165, 1.54) is 36.6 Å². The van der Waals surface area contributed by atoms with Crippen LogP contribution in [0.5, 0.6) is 0 Å². The maximum absolute atomic E-state index is 2.60. The number of benzene rings is 1. The van der Waals surface area contributed by atoms with Crippen molar-refractivity contribution in [3.05, 3.63) is 59.8 Å². The maximum atomic E-state index is 2.60. The van der Waals surface area contributed by atoms with Gasteiger partial charge in [0.1, 0.15) is 0 Å². The lowest BCUT2D eigenvalue weighted by atomic mass is 9.95. The van der Waals surface area contributed by atoms with Gasteiger partial charge in [-0.3, -0.25) is 0 Å². The number of fused-ring (bicyclic) bond motifs is 3. The molecule has 0 N–H and O–H groups in total. The molecule has 0 saturated carbocycles. The average molecular weight is 249 g/mol. The first-order chi connectivity index (χ1) is 9.45. The third-order valence-electron chi connectivity index (χ3n) is 4.51. The van der Waals surface area contributed by atoms with Gasteiger partial charge in [0, 0.05) is 16.6 Å². The van der Waals surface area contributed by atoms with Gasteiger partial charge in [0.25, 0.3) is 0 Å². The van der Waals surface area contributed by atoms with Crippen molar-refractivity contribution < 1.29 is 0 Å². The van der Waals surface area contributed by atoms with E-state index in [-0.39, 0.29) is 0 Å². The fourth-order valence-corrected chi connectivity index (χ4v) is 3.67. The number of rotatable bonds is 1. The van der Waals surface area contributed by atoms with Crippen LogP contribution < -0.4 is 0 Å². The summed E-state index contributed by atoms with van der Waals surface area (Å²) in [6.45, 7) is 0. The molecule has 2 aromatic rings. The molecule has 1 atom stereocenters. The molecule has 0 spiro atoms.